The Morgan fingerprint density at radius 1 is 1.17 bits per heavy atom. The van der Waals surface area contributed by atoms with Crippen LogP contribution < -0.4 is 21.3 Å². The molecule has 0 unspecified atom stereocenters. The fourth-order valence-electron chi connectivity index (χ4n) is 3.13. The van der Waals surface area contributed by atoms with E-state index in [1.807, 2.05) is 18.2 Å². The standard InChI is InChI=1S/C22H19N5O3/c1-30-17-8-16(11-24-12-17)18-9-15-6-7-25-22(29)19(15)21(27-18)26-10-13-2-4-14(5-3-13)20(23)28/h2-9,11-12H,10H2,1H3,(H2,23,28)(H,25,29)(H,26,27). The average Bonchev–Trinajstić information content (AvgIpc) is 2.77. The number of amides is 1. The zero-order chi connectivity index (χ0) is 21.1. The number of pyridine rings is 3. The van der Waals surface area contributed by atoms with E-state index in [0.29, 0.717) is 34.8 Å². The van der Waals surface area contributed by atoms with Crippen LogP contribution in [0.1, 0.15) is 15.9 Å². The molecule has 0 saturated heterocycles. The molecule has 8 heteroatoms. The lowest BCUT2D eigenvalue weighted by Crippen LogP contribution is -2.12. The second-order valence-electron chi connectivity index (χ2n) is 6.66. The molecule has 30 heavy (non-hydrogen) atoms. The third-order valence-corrected chi connectivity index (χ3v) is 4.70. The Balaban J connectivity index is 1.73. The third kappa shape index (κ3) is 3.83. The van der Waals surface area contributed by atoms with Gasteiger partial charge in [0.1, 0.15) is 11.6 Å². The molecule has 8 nitrogen and oxygen atoms in total. The maximum absolute atomic E-state index is 12.5. The number of rotatable bonds is 6. The summed E-state index contributed by atoms with van der Waals surface area (Å²) in [6.07, 6.45) is 4.91. The number of hydrogen-bond acceptors (Lipinski definition) is 6. The van der Waals surface area contributed by atoms with Crippen LogP contribution in [0.25, 0.3) is 22.0 Å². The molecule has 0 spiro atoms. The lowest BCUT2D eigenvalue weighted by atomic mass is 10.1. The Bertz CT molecular complexity index is 1280. The summed E-state index contributed by atoms with van der Waals surface area (Å²) in [5.74, 6) is 0.587. The van der Waals surface area contributed by atoms with Gasteiger partial charge in [0.15, 0.2) is 0 Å². The van der Waals surface area contributed by atoms with Gasteiger partial charge in [0.05, 0.1) is 24.4 Å². The topological polar surface area (TPSA) is 123 Å². The van der Waals surface area contributed by atoms with Gasteiger partial charge in [-0.3, -0.25) is 14.6 Å². The first-order valence-electron chi connectivity index (χ1n) is 9.19. The molecule has 0 atom stereocenters. The summed E-state index contributed by atoms with van der Waals surface area (Å²) >= 11 is 0. The molecule has 0 bridgehead atoms. The van der Waals surface area contributed by atoms with Crippen molar-refractivity contribution in [1.82, 2.24) is 15.0 Å². The van der Waals surface area contributed by atoms with Crippen LogP contribution in [0.5, 0.6) is 5.75 Å². The van der Waals surface area contributed by atoms with Crippen molar-refractivity contribution in [3.05, 3.63) is 82.5 Å². The fraction of sp³-hybridized carbons (Fsp3) is 0.0909. The van der Waals surface area contributed by atoms with E-state index in [9.17, 15) is 9.59 Å². The zero-order valence-corrected chi connectivity index (χ0v) is 16.2. The Morgan fingerprint density at radius 3 is 2.70 bits per heavy atom. The molecular weight excluding hydrogens is 382 g/mol. The summed E-state index contributed by atoms with van der Waals surface area (Å²) in [6, 6.07) is 12.4. The van der Waals surface area contributed by atoms with Crippen LogP contribution in [0.2, 0.25) is 0 Å². The number of nitrogens with two attached hydrogens (primary N) is 1. The number of hydrogen-bond donors (Lipinski definition) is 3. The summed E-state index contributed by atoms with van der Waals surface area (Å²) in [5, 5.41) is 4.45. The van der Waals surface area contributed by atoms with E-state index in [1.54, 1.807) is 50.0 Å². The number of methoxy groups -OCH3 is 1. The first kappa shape index (κ1) is 19.1. The number of ether oxygens (including phenoxy) is 1. The van der Waals surface area contributed by atoms with Gasteiger partial charge in [-0.25, -0.2) is 4.98 Å². The van der Waals surface area contributed by atoms with Crippen molar-refractivity contribution in [2.24, 2.45) is 5.73 Å². The Kier molecular flexibility index (Phi) is 5.13. The van der Waals surface area contributed by atoms with E-state index < -0.39 is 5.91 Å². The van der Waals surface area contributed by atoms with Crippen LogP contribution in [0, 0.1) is 0 Å². The smallest absolute Gasteiger partial charge is 0.259 e. The molecule has 0 fully saturated rings. The minimum absolute atomic E-state index is 0.234. The summed E-state index contributed by atoms with van der Waals surface area (Å²) < 4.78 is 5.25. The number of carbonyl (C=O) groups excluding carboxylic acids is 1. The van der Waals surface area contributed by atoms with Gasteiger partial charge in [0.2, 0.25) is 5.91 Å². The highest BCUT2D eigenvalue weighted by Crippen LogP contribution is 2.27. The Labute approximate surface area is 171 Å². The molecule has 0 aliphatic heterocycles. The predicted octanol–water partition coefficient (Wildman–Crippen LogP) is 2.70. The van der Waals surface area contributed by atoms with Gasteiger partial charge >= 0.3 is 0 Å². The second-order valence-corrected chi connectivity index (χ2v) is 6.66. The van der Waals surface area contributed by atoms with Crippen molar-refractivity contribution in [2.45, 2.75) is 6.54 Å². The minimum Gasteiger partial charge on any atom is -0.495 e. The van der Waals surface area contributed by atoms with Gasteiger partial charge in [-0.05, 0) is 41.3 Å². The highest BCUT2D eigenvalue weighted by atomic mass is 16.5. The van der Waals surface area contributed by atoms with Crippen molar-refractivity contribution in [1.29, 1.82) is 0 Å². The van der Waals surface area contributed by atoms with Gasteiger partial charge in [-0.15, -0.1) is 0 Å². The van der Waals surface area contributed by atoms with Gasteiger partial charge in [0, 0.05) is 30.1 Å². The molecule has 4 aromatic rings. The fourth-order valence-corrected chi connectivity index (χ4v) is 3.13. The molecule has 0 aliphatic rings. The maximum atomic E-state index is 12.5. The number of primary amides is 1. The maximum Gasteiger partial charge on any atom is 0.259 e. The van der Waals surface area contributed by atoms with E-state index in [4.69, 9.17) is 10.5 Å². The van der Waals surface area contributed by atoms with Crippen LogP contribution in [0.3, 0.4) is 0 Å². The first-order valence-corrected chi connectivity index (χ1v) is 9.19. The van der Waals surface area contributed by atoms with Gasteiger partial charge in [-0.1, -0.05) is 12.1 Å². The number of nitrogens with zero attached hydrogens (tertiary/aromatic N) is 2. The SMILES string of the molecule is COc1cncc(-c2cc3cc[nH]c(=O)c3c(NCc3ccc(C(N)=O)cc3)n2)c1. The van der Waals surface area contributed by atoms with Crippen molar-refractivity contribution < 1.29 is 9.53 Å². The molecule has 0 aliphatic carbocycles. The molecule has 1 aromatic carbocycles. The number of benzene rings is 1. The molecular formula is C22H19N5O3. The Morgan fingerprint density at radius 2 is 1.97 bits per heavy atom. The number of H-pyrrole nitrogens is 1. The van der Waals surface area contributed by atoms with Gasteiger partial charge in [-0.2, -0.15) is 0 Å². The Hall–Kier alpha value is -4.20. The normalized spacial score (nSPS) is 10.7. The number of aromatic nitrogens is 3. The lowest BCUT2D eigenvalue weighted by Gasteiger charge is -2.12. The van der Waals surface area contributed by atoms with Crippen molar-refractivity contribution >= 4 is 22.5 Å². The first-order chi connectivity index (χ1) is 14.5. The monoisotopic (exact) mass is 401 g/mol. The van der Waals surface area contributed by atoms with Crippen molar-refractivity contribution in [3.8, 4) is 17.0 Å². The number of aromatic amines is 1. The van der Waals surface area contributed by atoms with Gasteiger partial charge < -0.3 is 20.8 Å². The molecule has 4 rings (SSSR count). The number of anilines is 1. The van der Waals surface area contributed by atoms with E-state index in [-0.39, 0.29) is 5.56 Å². The molecule has 0 saturated carbocycles. The van der Waals surface area contributed by atoms with Crippen LogP contribution in [0.15, 0.2) is 65.8 Å². The van der Waals surface area contributed by atoms with E-state index >= 15 is 0 Å². The highest BCUT2D eigenvalue weighted by molar-refractivity contribution is 5.94. The molecule has 3 aromatic heterocycles. The number of carbonyl (C=O) groups is 1. The molecule has 3 heterocycles. The van der Waals surface area contributed by atoms with Crippen LogP contribution >= 0.6 is 0 Å². The third-order valence-electron chi connectivity index (χ3n) is 4.70. The van der Waals surface area contributed by atoms with Crippen LogP contribution in [-0.4, -0.2) is 28.0 Å². The predicted molar refractivity (Wildman–Crippen MR) is 114 cm³/mol. The summed E-state index contributed by atoms with van der Waals surface area (Å²) in [6.45, 7) is 0.412. The van der Waals surface area contributed by atoms with E-state index in [0.717, 1.165) is 16.5 Å². The minimum atomic E-state index is -0.478. The van der Waals surface area contributed by atoms with Crippen LogP contribution in [0.4, 0.5) is 5.82 Å². The average molecular weight is 401 g/mol. The summed E-state index contributed by atoms with van der Waals surface area (Å²) in [7, 11) is 1.57. The second kappa shape index (κ2) is 8.04. The lowest BCUT2D eigenvalue weighted by molar-refractivity contribution is 0.100. The van der Waals surface area contributed by atoms with Crippen molar-refractivity contribution in [3.63, 3.8) is 0 Å². The van der Waals surface area contributed by atoms with Gasteiger partial charge in [0.25, 0.3) is 5.56 Å². The molecule has 4 N–H and O–H groups in total. The molecule has 150 valence electrons. The van der Waals surface area contributed by atoms with Crippen LogP contribution in [-0.2, 0) is 6.54 Å². The highest BCUT2D eigenvalue weighted by Gasteiger charge is 2.12. The van der Waals surface area contributed by atoms with E-state index in [2.05, 4.69) is 20.3 Å². The number of nitrogens with one attached hydrogen (secondary N) is 2. The molecule has 0 radical (unpaired) electrons. The van der Waals surface area contributed by atoms with E-state index in [1.165, 1.54) is 0 Å². The largest absolute Gasteiger partial charge is 0.495 e. The van der Waals surface area contributed by atoms with Crippen molar-refractivity contribution in [2.75, 3.05) is 12.4 Å². The quantitative estimate of drug-likeness (QED) is 0.456. The summed E-state index contributed by atoms with van der Waals surface area (Å²) in [4.78, 5) is 35.2. The summed E-state index contributed by atoms with van der Waals surface area (Å²) in [5.41, 5.74) is 7.83. The molecule has 1 amide bonds. The zero-order valence-electron chi connectivity index (χ0n) is 16.2. The number of fused-ring (bicyclic) bond motifs is 1.